The highest BCUT2D eigenvalue weighted by Crippen LogP contribution is 2.13. The summed E-state index contributed by atoms with van der Waals surface area (Å²) in [6, 6.07) is 8.28. The Morgan fingerprint density at radius 3 is 2.89 bits per heavy atom. The fraction of sp³-hybridized carbons (Fsp3) is 0.600. The molecule has 0 aliphatic carbocycles. The van der Waals surface area contributed by atoms with E-state index in [1.165, 1.54) is 18.4 Å². The van der Waals surface area contributed by atoms with Gasteiger partial charge in [-0.15, -0.1) is 0 Å². The summed E-state index contributed by atoms with van der Waals surface area (Å²) in [7, 11) is 0. The van der Waals surface area contributed by atoms with Crippen LogP contribution >= 0.6 is 15.9 Å². The zero-order chi connectivity index (χ0) is 13.2. The van der Waals surface area contributed by atoms with Crippen molar-refractivity contribution in [2.45, 2.75) is 45.8 Å². The van der Waals surface area contributed by atoms with Crippen LogP contribution in [0.15, 0.2) is 28.7 Å². The highest BCUT2D eigenvalue weighted by Gasteiger charge is 2.02. The Morgan fingerprint density at radius 2 is 2.17 bits per heavy atom. The van der Waals surface area contributed by atoms with Gasteiger partial charge in [0.2, 0.25) is 0 Å². The van der Waals surface area contributed by atoms with Crippen LogP contribution in [-0.4, -0.2) is 19.2 Å². The molecular formula is C15H24BrNO. The summed E-state index contributed by atoms with van der Waals surface area (Å²) in [5.41, 5.74) is 1.22. The van der Waals surface area contributed by atoms with Crippen molar-refractivity contribution in [1.29, 1.82) is 0 Å². The molecule has 0 bridgehead atoms. The molecule has 1 atom stereocenters. The maximum Gasteiger partial charge on any atom is 0.0720 e. The summed E-state index contributed by atoms with van der Waals surface area (Å²) in [6.07, 6.45) is 3.83. The van der Waals surface area contributed by atoms with E-state index in [0.29, 0.717) is 12.7 Å². The zero-order valence-corrected chi connectivity index (χ0v) is 13.0. The minimum Gasteiger partial charge on any atom is -0.374 e. The van der Waals surface area contributed by atoms with Gasteiger partial charge >= 0.3 is 0 Å². The number of nitrogens with one attached hydrogen (secondary N) is 1. The first kappa shape index (κ1) is 15.7. The molecule has 102 valence electrons. The molecular weight excluding hydrogens is 290 g/mol. The zero-order valence-electron chi connectivity index (χ0n) is 11.4. The minimum atomic E-state index is 0.326. The molecule has 0 aliphatic heterocycles. The summed E-state index contributed by atoms with van der Waals surface area (Å²) >= 11 is 3.47. The van der Waals surface area contributed by atoms with Gasteiger partial charge in [-0.2, -0.15) is 0 Å². The van der Waals surface area contributed by atoms with Gasteiger partial charge in [-0.25, -0.2) is 0 Å². The summed E-state index contributed by atoms with van der Waals surface area (Å²) < 4.78 is 6.95. The Morgan fingerprint density at radius 1 is 1.33 bits per heavy atom. The van der Waals surface area contributed by atoms with Gasteiger partial charge in [-0.1, -0.05) is 35.0 Å². The van der Waals surface area contributed by atoms with Crippen LogP contribution in [0.2, 0.25) is 0 Å². The van der Waals surface area contributed by atoms with Crippen molar-refractivity contribution < 1.29 is 4.74 Å². The minimum absolute atomic E-state index is 0.326. The van der Waals surface area contributed by atoms with Crippen LogP contribution in [0.5, 0.6) is 0 Å². The van der Waals surface area contributed by atoms with E-state index in [2.05, 4.69) is 47.2 Å². The second kappa shape index (κ2) is 9.54. The van der Waals surface area contributed by atoms with Gasteiger partial charge in [0.25, 0.3) is 0 Å². The number of benzene rings is 1. The first-order valence-corrected chi connectivity index (χ1v) is 7.58. The van der Waals surface area contributed by atoms with Gasteiger partial charge in [0.15, 0.2) is 0 Å². The maximum atomic E-state index is 5.84. The van der Waals surface area contributed by atoms with Crippen molar-refractivity contribution in [1.82, 2.24) is 5.32 Å². The molecule has 2 nitrogen and oxygen atoms in total. The first-order valence-electron chi connectivity index (χ1n) is 6.79. The largest absolute Gasteiger partial charge is 0.374 e. The van der Waals surface area contributed by atoms with Crippen LogP contribution in [-0.2, 0) is 11.3 Å². The Bertz CT molecular complexity index is 330. The predicted molar refractivity (Wildman–Crippen MR) is 80.8 cm³/mol. The Balaban J connectivity index is 2.11. The van der Waals surface area contributed by atoms with Crippen LogP contribution in [0, 0.1) is 0 Å². The van der Waals surface area contributed by atoms with E-state index < -0.39 is 0 Å². The topological polar surface area (TPSA) is 21.3 Å². The van der Waals surface area contributed by atoms with Crippen LogP contribution in [0.4, 0.5) is 0 Å². The molecule has 1 aromatic rings. The normalized spacial score (nSPS) is 12.6. The molecule has 0 saturated carbocycles. The van der Waals surface area contributed by atoms with E-state index in [4.69, 9.17) is 4.74 Å². The molecule has 0 heterocycles. The van der Waals surface area contributed by atoms with E-state index in [0.717, 1.165) is 24.0 Å². The third kappa shape index (κ3) is 7.14. The fourth-order valence-corrected chi connectivity index (χ4v) is 2.21. The number of hydrogen-bond donors (Lipinski definition) is 1. The molecule has 18 heavy (non-hydrogen) atoms. The lowest BCUT2D eigenvalue weighted by Crippen LogP contribution is -2.18. The van der Waals surface area contributed by atoms with Crippen LogP contribution in [0.25, 0.3) is 0 Å². The summed E-state index contributed by atoms with van der Waals surface area (Å²) in [5.74, 6) is 0. The highest BCUT2D eigenvalue weighted by molar-refractivity contribution is 9.10. The quantitative estimate of drug-likeness (QED) is 0.692. The van der Waals surface area contributed by atoms with Crippen molar-refractivity contribution in [2.75, 3.05) is 13.1 Å². The third-order valence-electron chi connectivity index (χ3n) is 2.81. The van der Waals surface area contributed by atoms with Crippen molar-refractivity contribution in [3.63, 3.8) is 0 Å². The van der Waals surface area contributed by atoms with Crippen molar-refractivity contribution in [2.24, 2.45) is 0 Å². The molecule has 0 saturated heterocycles. The van der Waals surface area contributed by atoms with E-state index in [1.54, 1.807) is 0 Å². The highest BCUT2D eigenvalue weighted by atomic mass is 79.9. The molecule has 1 unspecified atom stereocenters. The predicted octanol–water partition coefficient (Wildman–Crippen LogP) is 4.13. The van der Waals surface area contributed by atoms with E-state index in [1.807, 2.05) is 12.1 Å². The molecule has 0 radical (unpaired) electrons. The molecule has 1 N–H and O–H groups in total. The van der Waals surface area contributed by atoms with E-state index in [-0.39, 0.29) is 0 Å². The van der Waals surface area contributed by atoms with E-state index in [9.17, 15) is 0 Å². The molecule has 0 amide bonds. The molecule has 0 fully saturated rings. The van der Waals surface area contributed by atoms with Gasteiger partial charge in [0.05, 0.1) is 12.7 Å². The van der Waals surface area contributed by atoms with Gasteiger partial charge in [0, 0.05) is 4.47 Å². The second-order valence-electron chi connectivity index (χ2n) is 4.64. The molecule has 1 rings (SSSR count). The average molecular weight is 314 g/mol. The number of rotatable bonds is 9. The van der Waals surface area contributed by atoms with Crippen molar-refractivity contribution in [3.8, 4) is 0 Å². The average Bonchev–Trinajstić information content (AvgIpc) is 2.36. The molecule has 0 aliphatic rings. The first-order chi connectivity index (χ1) is 8.72. The van der Waals surface area contributed by atoms with Crippen molar-refractivity contribution in [3.05, 3.63) is 34.3 Å². The molecule has 3 heteroatoms. The van der Waals surface area contributed by atoms with Crippen molar-refractivity contribution >= 4 is 15.9 Å². The van der Waals surface area contributed by atoms with Gasteiger partial charge < -0.3 is 10.1 Å². The van der Waals surface area contributed by atoms with Gasteiger partial charge in [-0.3, -0.25) is 0 Å². The van der Waals surface area contributed by atoms with Crippen LogP contribution in [0.1, 0.15) is 38.7 Å². The smallest absolute Gasteiger partial charge is 0.0720 e. The summed E-state index contributed by atoms with van der Waals surface area (Å²) in [6.45, 7) is 7.25. The Labute approximate surface area is 119 Å². The Kier molecular flexibility index (Phi) is 8.31. The molecule has 1 aromatic carbocycles. The van der Waals surface area contributed by atoms with Crippen LogP contribution in [0.3, 0.4) is 0 Å². The number of ether oxygens (including phenoxy) is 1. The van der Waals surface area contributed by atoms with Gasteiger partial charge in [0.1, 0.15) is 0 Å². The summed E-state index contributed by atoms with van der Waals surface area (Å²) in [5, 5.41) is 3.41. The monoisotopic (exact) mass is 313 g/mol. The Hall–Kier alpha value is -0.380. The second-order valence-corrected chi connectivity index (χ2v) is 5.56. The number of halogens is 1. The summed E-state index contributed by atoms with van der Waals surface area (Å²) in [4.78, 5) is 0. The lowest BCUT2D eigenvalue weighted by Gasteiger charge is -2.13. The lowest BCUT2D eigenvalue weighted by atomic mass is 10.2. The SMILES string of the molecule is CCCNCCCC(C)OCc1cccc(Br)c1. The van der Waals surface area contributed by atoms with Crippen LogP contribution < -0.4 is 5.32 Å². The maximum absolute atomic E-state index is 5.84. The standard InChI is InChI=1S/C15H24BrNO/c1-3-9-17-10-5-6-13(2)18-12-14-7-4-8-15(16)11-14/h4,7-8,11,13,17H,3,5-6,9-10,12H2,1-2H3. The van der Waals surface area contributed by atoms with Gasteiger partial charge in [-0.05, 0) is 57.0 Å². The molecule has 0 aromatic heterocycles. The fourth-order valence-electron chi connectivity index (χ4n) is 1.76. The third-order valence-corrected chi connectivity index (χ3v) is 3.31. The lowest BCUT2D eigenvalue weighted by molar-refractivity contribution is 0.0463. The van der Waals surface area contributed by atoms with E-state index >= 15 is 0 Å². The number of hydrogen-bond acceptors (Lipinski definition) is 2. The molecule has 0 spiro atoms.